The highest BCUT2D eigenvalue weighted by atomic mass is 14.6. The number of nitrogen functional groups attached to an aromatic ring is 1. The molecule has 4 N–H and O–H groups in total. The minimum absolute atomic E-state index is 0.238. The third-order valence-corrected chi connectivity index (χ3v) is 9.37. The highest BCUT2D eigenvalue weighted by Crippen LogP contribution is 2.43. The Bertz CT molecular complexity index is 2620. The quantitative estimate of drug-likeness (QED) is 0.100. The first kappa shape index (κ1) is 31.4. The zero-order valence-corrected chi connectivity index (χ0v) is 27.8. The van der Waals surface area contributed by atoms with Crippen LogP contribution >= 0.6 is 0 Å². The van der Waals surface area contributed by atoms with Gasteiger partial charge in [-0.3, -0.25) is 15.8 Å². The molecule has 0 fully saturated rings. The molecule has 0 spiro atoms. The van der Waals surface area contributed by atoms with E-state index < -0.39 is 0 Å². The average Bonchev–Trinajstić information content (AvgIpc) is 3.18. The molecular weight excluding hydrogens is 621 g/mol. The van der Waals surface area contributed by atoms with E-state index in [-0.39, 0.29) is 11.4 Å². The molecule has 1 aliphatic rings. The van der Waals surface area contributed by atoms with Gasteiger partial charge in [0.2, 0.25) is 0 Å². The molecule has 0 saturated heterocycles. The summed E-state index contributed by atoms with van der Waals surface area (Å²) in [7, 11) is 0. The fourth-order valence-corrected chi connectivity index (χ4v) is 7.02. The largest absolute Gasteiger partial charge is 0.399 e. The van der Waals surface area contributed by atoms with Crippen LogP contribution in [0.15, 0.2) is 182 Å². The predicted molar refractivity (Wildman–Crippen MR) is 216 cm³/mol. The first-order valence-electron chi connectivity index (χ1n) is 16.9. The Labute approximate surface area is 296 Å². The Hall–Kier alpha value is -6.91. The maximum absolute atomic E-state index is 8.28. The second kappa shape index (κ2) is 13.5. The number of rotatable bonds is 4. The molecule has 51 heavy (non-hydrogen) atoms. The number of pyridine rings is 1. The predicted octanol–water partition coefficient (Wildman–Crippen LogP) is 11.8. The number of benzene rings is 7. The number of anilines is 1. The van der Waals surface area contributed by atoms with Crippen molar-refractivity contribution in [1.82, 2.24) is 4.98 Å². The molecule has 1 aliphatic carbocycles. The molecule has 0 saturated carbocycles. The molecule has 9 rings (SSSR count). The fourth-order valence-electron chi connectivity index (χ4n) is 7.02. The van der Waals surface area contributed by atoms with E-state index in [9.17, 15) is 0 Å². The molecule has 4 nitrogen and oxygen atoms in total. The zero-order valence-electron chi connectivity index (χ0n) is 27.8. The maximum Gasteiger partial charge on any atom is 0.0795 e. The monoisotopic (exact) mass is 654 g/mol. The van der Waals surface area contributed by atoms with Gasteiger partial charge in [-0.15, -0.1) is 0 Å². The average molecular weight is 655 g/mol. The van der Waals surface area contributed by atoms with E-state index in [2.05, 4.69) is 120 Å². The van der Waals surface area contributed by atoms with Crippen molar-refractivity contribution in [2.24, 2.45) is 0 Å². The molecule has 0 aliphatic heterocycles. The summed E-state index contributed by atoms with van der Waals surface area (Å²) in [6, 6.07) is 52.7. The van der Waals surface area contributed by atoms with Gasteiger partial charge in [0.25, 0.3) is 0 Å². The number of allylic oxidation sites excluding steroid dienone is 4. The van der Waals surface area contributed by atoms with E-state index >= 15 is 0 Å². The van der Waals surface area contributed by atoms with E-state index in [0.717, 1.165) is 38.7 Å². The van der Waals surface area contributed by atoms with Gasteiger partial charge < -0.3 is 5.73 Å². The van der Waals surface area contributed by atoms with Gasteiger partial charge in [-0.1, -0.05) is 133 Å². The molecule has 0 unspecified atom stereocenters. The Kier molecular flexibility index (Phi) is 8.33. The summed E-state index contributed by atoms with van der Waals surface area (Å²) >= 11 is 0. The van der Waals surface area contributed by atoms with Crippen molar-refractivity contribution in [2.45, 2.75) is 0 Å². The van der Waals surface area contributed by atoms with Crippen LogP contribution in [0.2, 0.25) is 0 Å². The molecule has 0 bridgehead atoms. The summed E-state index contributed by atoms with van der Waals surface area (Å²) in [5, 5.41) is 23.4. The number of nitrogens with two attached hydrogens (primary N) is 1. The van der Waals surface area contributed by atoms with Crippen LogP contribution in [0.5, 0.6) is 0 Å². The van der Waals surface area contributed by atoms with Crippen molar-refractivity contribution in [1.29, 1.82) is 10.8 Å². The fraction of sp³-hybridized carbons (Fsp3) is 0. The molecule has 8 aromatic rings. The van der Waals surface area contributed by atoms with Gasteiger partial charge in [0.15, 0.2) is 0 Å². The Morgan fingerprint density at radius 1 is 0.451 bits per heavy atom. The van der Waals surface area contributed by atoms with E-state index in [1.54, 1.807) is 12.3 Å². The summed E-state index contributed by atoms with van der Waals surface area (Å²) in [5.74, 6) is 0. The molecule has 0 radical (unpaired) electrons. The van der Waals surface area contributed by atoms with Crippen molar-refractivity contribution in [3.8, 4) is 33.4 Å². The molecule has 242 valence electrons. The highest BCUT2D eigenvalue weighted by Gasteiger charge is 2.19. The van der Waals surface area contributed by atoms with Crippen LogP contribution in [0, 0.1) is 10.8 Å². The standard InChI is InChI=1S/C36H24N2.C11H10N2/c37-33-20-19-26(22-34(33)38)36-31-16-5-3-14-29(31)35(30-15-4-6-17-32(30)36)25-12-7-11-24(21-25)28-18-8-10-23-9-1-2-13-27(23)28;12-11-5-1-3-9(7-11)10-4-2-6-13-8-10/h1-22,37-38H;1-8H,12H2. The minimum Gasteiger partial charge on any atom is -0.399 e. The van der Waals surface area contributed by atoms with Crippen LogP contribution < -0.4 is 5.73 Å². The van der Waals surface area contributed by atoms with E-state index in [1.807, 2.05) is 54.7 Å². The molecule has 4 heteroatoms. The number of aromatic nitrogens is 1. The number of hydrogen-bond donors (Lipinski definition) is 3. The van der Waals surface area contributed by atoms with Crippen molar-refractivity contribution in [2.75, 3.05) is 5.73 Å². The Balaban J connectivity index is 0.000000242. The van der Waals surface area contributed by atoms with Crippen LogP contribution in [-0.4, -0.2) is 16.4 Å². The van der Waals surface area contributed by atoms with Crippen molar-refractivity contribution in [3.05, 3.63) is 188 Å². The molecule has 7 aromatic carbocycles. The van der Waals surface area contributed by atoms with E-state index in [1.165, 1.54) is 43.8 Å². The first-order chi connectivity index (χ1) is 25.0. The van der Waals surface area contributed by atoms with Crippen LogP contribution in [0.25, 0.3) is 71.3 Å². The summed E-state index contributed by atoms with van der Waals surface area (Å²) in [6.07, 6.45) is 9.10. The molecule has 1 heterocycles. The lowest BCUT2D eigenvalue weighted by molar-refractivity contribution is 1.33. The lowest BCUT2D eigenvalue weighted by Crippen LogP contribution is -2.10. The Morgan fingerprint density at radius 2 is 1.04 bits per heavy atom. The van der Waals surface area contributed by atoms with Gasteiger partial charge in [0.05, 0.1) is 11.4 Å². The van der Waals surface area contributed by atoms with E-state index in [0.29, 0.717) is 0 Å². The van der Waals surface area contributed by atoms with Crippen LogP contribution in [-0.2, 0) is 0 Å². The van der Waals surface area contributed by atoms with Gasteiger partial charge >= 0.3 is 0 Å². The van der Waals surface area contributed by atoms with Gasteiger partial charge in [-0.05, 0) is 108 Å². The summed E-state index contributed by atoms with van der Waals surface area (Å²) in [5.41, 5.74) is 16.0. The lowest BCUT2D eigenvalue weighted by atomic mass is 9.84. The lowest BCUT2D eigenvalue weighted by Gasteiger charge is -2.19. The molecule has 0 amide bonds. The number of nitrogens with zero attached hydrogens (tertiary/aromatic N) is 1. The highest BCUT2D eigenvalue weighted by molar-refractivity contribution is 6.50. The van der Waals surface area contributed by atoms with Crippen LogP contribution in [0.1, 0.15) is 5.56 Å². The van der Waals surface area contributed by atoms with E-state index in [4.69, 9.17) is 16.6 Å². The molecular formula is C47H34N4. The van der Waals surface area contributed by atoms with Crippen molar-refractivity contribution < 1.29 is 0 Å². The van der Waals surface area contributed by atoms with Crippen LogP contribution in [0.4, 0.5) is 5.69 Å². The number of nitrogens with one attached hydrogen (secondary N) is 2. The van der Waals surface area contributed by atoms with Crippen LogP contribution in [0.3, 0.4) is 0 Å². The smallest absolute Gasteiger partial charge is 0.0795 e. The Morgan fingerprint density at radius 3 is 1.73 bits per heavy atom. The normalized spacial score (nSPS) is 12.5. The first-order valence-corrected chi connectivity index (χ1v) is 16.9. The van der Waals surface area contributed by atoms with Gasteiger partial charge in [0.1, 0.15) is 0 Å². The third kappa shape index (κ3) is 6.11. The second-order valence-electron chi connectivity index (χ2n) is 12.6. The van der Waals surface area contributed by atoms with Crippen molar-refractivity contribution >= 4 is 55.0 Å². The molecule has 0 atom stereocenters. The maximum atomic E-state index is 8.28. The summed E-state index contributed by atoms with van der Waals surface area (Å²) < 4.78 is 0. The zero-order chi connectivity index (χ0) is 34.7. The topological polar surface area (TPSA) is 86.6 Å². The van der Waals surface area contributed by atoms with Gasteiger partial charge in [-0.25, -0.2) is 0 Å². The number of hydrogen-bond acceptors (Lipinski definition) is 4. The minimum atomic E-state index is 0.238. The second-order valence-corrected chi connectivity index (χ2v) is 12.6. The SMILES string of the molecule is N=C1C=CC(c2c3ccccc3c(-c3cccc(-c4cccc5ccccc45)c3)c3ccccc23)=CC1=N.Nc1cccc(-c2cccnc2)c1. The summed E-state index contributed by atoms with van der Waals surface area (Å²) in [6.45, 7) is 0. The summed E-state index contributed by atoms with van der Waals surface area (Å²) in [4.78, 5) is 4.05. The van der Waals surface area contributed by atoms with Crippen molar-refractivity contribution in [3.63, 3.8) is 0 Å². The molecule has 1 aromatic heterocycles. The number of fused-ring (bicyclic) bond motifs is 3. The van der Waals surface area contributed by atoms with Gasteiger partial charge in [0, 0.05) is 23.6 Å². The third-order valence-electron chi connectivity index (χ3n) is 9.37. The van der Waals surface area contributed by atoms with Gasteiger partial charge in [-0.2, -0.15) is 0 Å².